The zero-order valence-electron chi connectivity index (χ0n) is 64.6. The van der Waals surface area contributed by atoms with Crippen LogP contribution in [0.15, 0.2) is 377 Å². The molecule has 0 N–H and O–H groups in total. The summed E-state index contributed by atoms with van der Waals surface area (Å²) in [6.45, 7) is 12.8. The summed E-state index contributed by atoms with van der Waals surface area (Å²) in [5.41, 5.74) is 36.2. The van der Waals surface area contributed by atoms with Gasteiger partial charge in [0.25, 0.3) is 0 Å². The molecule has 546 valence electrons. The number of fused-ring (bicyclic) bond motifs is 6. The molecule has 2 aliphatic carbocycles. The number of benzene rings is 15. The predicted molar refractivity (Wildman–Crippen MR) is 477 cm³/mol. The Morgan fingerprint density at radius 2 is 0.554 bits per heavy atom. The second-order valence-electron chi connectivity index (χ2n) is 30.7. The molecule has 0 bridgehead atoms. The van der Waals surface area contributed by atoms with Crippen LogP contribution in [0, 0.1) is 0 Å². The van der Waals surface area contributed by atoms with Crippen molar-refractivity contribution in [2.45, 2.75) is 102 Å². The van der Waals surface area contributed by atoms with E-state index in [1.165, 1.54) is 161 Å². The van der Waals surface area contributed by atoms with Crippen LogP contribution in [0.25, 0.3) is 78.9 Å². The average molecular weight is 1450 g/mol. The standard InChI is InChI=1S/C110H96N2/c1-5-9-11-17-35-89-73-104(88-59-67-96(68-60-88)112(94-63-55-86(56-64-94)84-33-21-14-22-34-84)98-70-72-102-100-42-28-30-44-106(100)110(108(102)76-98,92-39-25-16-26-40-92)78-82-51-47-80(8-4)48-52-82)90(36-18-12-10-6-2)74-103(89)87-57-65-95(66-58-87)111(93-61-53-85(54-62-93)83-31-19-13-20-32-83)97-69-71-101-99-41-27-29-43-105(99)109(107(101)75-97,91-37-23-15-24-38-91)77-81-49-45-79(7-3)46-50-81/h7-8,13-16,19-34,37-76H,3-6,9-12,17-18,35-36,77-78H2,1-2H3. The van der Waals surface area contributed by atoms with E-state index in [-0.39, 0.29) is 0 Å². The van der Waals surface area contributed by atoms with Crippen molar-refractivity contribution in [3.63, 3.8) is 0 Å². The molecule has 17 rings (SSSR count). The van der Waals surface area contributed by atoms with E-state index in [1.54, 1.807) is 0 Å². The van der Waals surface area contributed by atoms with E-state index in [1.807, 2.05) is 12.2 Å². The first-order valence-electron chi connectivity index (χ1n) is 40.6. The topological polar surface area (TPSA) is 6.48 Å². The first-order chi connectivity index (χ1) is 55.3. The van der Waals surface area contributed by atoms with E-state index in [0.717, 1.165) is 83.8 Å². The molecule has 2 unspecified atom stereocenters. The van der Waals surface area contributed by atoms with E-state index >= 15 is 0 Å². The summed E-state index contributed by atoms with van der Waals surface area (Å²) in [6, 6.07) is 138. The Morgan fingerprint density at radius 1 is 0.250 bits per heavy atom. The third-order valence-electron chi connectivity index (χ3n) is 24.0. The summed E-state index contributed by atoms with van der Waals surface area (Å²) in [7, 11) is 0. The maximum Gasteiger partial charge on any atom is 0.0504 e. The van der Waals surface area contributed by atoms with Gasteiger partial charge in [-0.25, -0.2) is 0 Å². The van der Waals surface area contributed by atoms with Crippen molar-refractivity contribution in [3.05, 3.63) is 444 Å². The van der Waals surface area contributed by atoms with Gasteiger partial charge >= 0.3 is 0 Å². The number of anilines is 6. The van der Waals surface area contributed by atoms with Crippen LogP contribution in [0.4, 0.5) is 34.1 Å². The normalized spacial score (nSPS) is 14.4. The molecule has 15 aromatic rings. The molecule has 0 saturated carbocycles. The summed E-state index contributed by atoms with van der Waals surface area (Å²) < 4.78 is 0. The Labute approximate surface area is 664 Å². The van der Waals surface area contributed by atoms with Gasteiger partial charge in [-0.05, 0) is 245 Å². The lowest BCUT2D eigenvalue weighted by molar-refractivity contribution is 0.629. The zero-order chi connectivity index (χ0) is 75.8. The second kappa shape index (κ2) is 32.5. The molecule has 0 radical (unpaired) electrons. The lowest BCUT2D eigenvalue weighted by Crippen LogP contribution is -2.30. The van der Waals surface area contributed by atoms with Crippen molar-refractivity contribution in [3.8, 4) is 66.8 Å². The Kier molecular flexibility index (Phi) is 21.0. The number of hydrogen-bond acceptors (Lipinski definition) is 2. The number of nitrogens with zero attached hydrogens (tertiary/aromatic N) is 2. The quantitative estimate of drug-likeness (QED) is 0.0451. The molecule has 0 saturated heterocycles. The molecule has 2 aliphatic rings. The molecule has 0 aliphatic heterocycles. The van der Waals surface area contributed by atoms with Crippen LogP contribution in [0.2, 0.25) is 0 Å². The fraction of sp³-hybridized carbons (Fsp3) is 0.145. The molecule has 2 nitrogen and oxygen atoms in total. The maximum absolute atomic E-state index is 4.10. The first-order valence-corrected chi connectivity index (χ1v) is 40.6. The molecule has 112 heavy (non-hydrogen) atoms. The highest BCUT2D eigenvalue weighted by molar-refractivity contribution is 5.91. The molecule has 0 fully saturated rings. The van der Waals surface area contributed by atoms with Crippen molar-refractivity contribution in [1.82, 2.24) is 0 Å². The van der Waals surface area contributed by atoms with Gasteiger partial charge in [0.2, 0.25) is 0 Å². The van der Waals surface area contributed by atoms with Gasteiger partial charge in [-0.1, -0.05) is 369 Å². The fourth-order valence-corrected chi connectivity index (χ4v) is 18.3. The van der Waals surface area contributed by atoms with Crippen molar-refractivity contribution < 1.29 is 0 Å². The molecule has 0 aromatic heterocycles. The first kappa shape index (κ1) is 72.3. The molecular weight excluding hydrogens is 1350 g/mol. The predicted octanol–water partition coefficient (Wildman–Crippen LogP) is 29.9. The van der Waals surface area contributed by atoms with Gasteiger partial charge in [-0.2, -0.15) is 0 Å². The minimum atomic E-state index is -0.466. The number of hydrogen-bond donors (Lipinski definition) is 0. The van der Waals surface area contributed by atoms with Gasteiger partial charge in [0.1, 0.15) is 0 Å². The summed E-state index contributed by atoms with van der Waals surface area (Å²) in [5, 5.41) is 0. The maximum atomic E-state index is 4.10. The van der Waals surface area contributed by atoms with Crippen LogP contribution < -0.4 is 9.80 Å². The molecule has 0 spiro atoms. The number of aryl methyl sites for hydroxylation is 2. The third-order valence-corrected chi connectivity index (χ3v) is 24.0. The van der Waals surface area contributed by atoms with Crippen LogP contribution in [-0.2, 0) is 36.5 Å². The van der Waals surface area contributed by atoms with Crippen LogP contribution in [-0.4, -0.2) is 0 Å². The van der Waals surface area contributed by atoms with Gasteiger partial charge in [0, 0.05) is 34.1 Å². The largest absolute Gasteiger partial charge is 0.310 e. The van der Waals surface area contributed by atoms with Gasteiger partial charge in [0.05, 0.1) is 10.8 Å². The minimum Gasteiger partial charge on any atom is -0.310 e. The highest BCUT2D eigenvalue weighted by Crippen LogP contribution is 2.58. The molecule has 15 aromatic carbocycles. The number of rotatable bonds is 28. The molecular formula is C110H96N2. The van der Waals surface area contributed by atoms with Crippen molar-refractivity contribution in [2.24, 2.45) is 0 Å². The van der Waals surface area contributed by atoms with E-state index in [4.69, 9.17) is 0 Å². The van der Waals surface area contributed by atoms with Gasteiger partial charge in [0.15, 0.2) is 0 Å². The van der Waals surface area contributed by atoms with Crippen molar-refractivity contribution in [1.29, 1.82) is 0 Å². The smallest absolute Gasteiger partial charge is 0.0504 e. The van der Waals surface area contributed by atoms with Gasteiger partial charge in [-0.15, -0.1) is 0 Å². The van der Waals surface area contributed by atoms with Crippen LogP contribution in [0.5, 0.6) is 0 Å². The van der Waals surface area contributed by atoms with E-state index in [0.29, 0.717) is 0 Å². The van der Waals surface area contributed by atoms with E-state index in [9.17, 15) is 0 Å². The van der Waals surface area contributed by atoms with Crippen LogP contribution in [0.3, 0.4) is 0 Å². The summed E-state index contributed by atoms with van der Waals surface area (Å²) in [5.74, 6) is 0. The lowest BCUT2D eigenvalue weighted by Gasteiger charge is -2.34. The average Bonchev–Trinajstić information content (AvgIpc) is 1.55. The van der Waals surface area contributed by atoms with Crippen LogP contribution in [0.1, 0.15) is 132 Å². The highest BCUT2D eigenvalue weighted by Gasteiger charge is 2.47. The fourth-order valence-electron chi connectivity index (χ4n) is 18.3. The molecule has 2 atom stereocenters. The molecule has 0 amide bonds. The SMILES string of the molecule is C=Cc1ccc(CC2(c3ccccc3)c3ccccc3-c3ccc(N(c4ccc(-c5ccccc5)cc4)c4ccc(-c5cc(CCCCCC)c(-c6ccc(N(c7ccc(-c8ccccc8)cc7)c7ccc8c(c7)C(Cc7ccc(C=C)cc7)(c7ccccc7)c7ccccc7-8)cc6)cc5CCCCCC)cc4)cc32)cc1. The van der Waals surface area contributed by atoms with Crippen molar-refractivity contribution >= 4 is 46.3 Å². The Bertz CT molecular complexity index is 5400. The number of unbranched alkanes of at least 4 members (excludes halogenated alkanes) is 6. The van der Waals surface area contributed by atoms with Crippen LogP contribution >= 0.6 is 0 Å². The Hall–Kier alpha value is -12.6. The minimum absolute atomic E-state index is 0.466. The van der Waals surface area contributed by atoms with Gasteiger partial charge in [-0.3, -0.25) is 0 Å². The monoisotopic (exact) mass is 1440 g/mol. The van der Waals surface area contributed by atoms with Crippen molar-refractivity contribution in [2.75, 3.05) is 9.80 Å². The second-order valence-corrected chi connectivity index (χ2v) is 30.7. The Balaban J connectivity index is 0.776. The molecule has 2 heteroatoms. The summed E-state index contributed by atoms with van der Waals surface area (Å²) in [6.07, 6.45) is 16.9. The Morgan fingerprint density at radius 3 is 0.902 bits per heavy atom. The van der Waals surface area contributed by atoms with Gasteiger partial charge < -0.3 is 9.80 Å². The lowest BCUT2D eigenvalue weighted by atomic mass is 9.68. The van der Waals surface area contributed by atoms with E-state index in [2.05, 4.69) is 401 Å². The zero-order valence-corrected chi connectivity index (χ0v) is 64.6. The summed E-state index contributed by atoms with van der Waals surface area (Å²) in [4.78, 5) is 4.97. The molecule has 0 heterocycles. The highest BCUT2D eigenvalue weighted by atomic mass is 15.1. The van der Waals surface area contributed by atoms with E-state index < -0.39 is 10.8 Å². The third kappa shape index (κ3) is 14.1. The summed E-state index contributed by atoms with van der Waals surface area (Å²) >= 11 is 0.